The molecule has 1 amide bonds. The van der Waals surface area contributed by atoms with Gasteiger partial charge in [-0.25, -0.2) is 0 Å². The summed E-state index contributed by atoms with van der Waals surface area (Å²) in [5, 5.41) is 25.8. The molecule has 2 aromatic carbocycles. The van der Waals surface area contributed by atoms with Gasteiger partial charge in [-0.1, -0.05) is 17.7 Å². The standard InChI is InChI=1S/C17H19N3O4/c1-11-3-6-14(7-4-11)19-17(22)13-5-8-15(18-12(2)10-21)16(9-13)20(23)24/h3-9,12,18,21H,10H2,1-2H3,(H,19,22)/t12-/m0/s1. The number of nitro benzene ring substituents is 1. The Bertz CT molecular complexity index is 744. The molecule has 0 aliphatic heterocycles. The first kappa shape index (κ1) is 17.4. The van der Waals surface area contributed by atoms with E-state index in [1.165, 1.54) is 18.2 Å². The maximum atomic E-state index is 12.3. The topological polar surface area (TPSA) is 104 Å². The molecule has 0 fully saturated rings. The van der Waals surface area contributed by atoms with Crippen LogP contribution in [0.15, 0.2) is 42.5 Å². The molecule has 7 nitrogen and oxygen atoms in total. The predicted octanol–water partition coefficient (Wildman–Crippen LogP) is 2.95. The van der Waals surface area contributed by atoms with E-state index in [0.29, 0.717) is 5.69 Å². The average Bonchev–Trinajstić information content (AvgIpc) is 2.56. The van der Waals surface area contributed by atoms with Crippen molar-refractivity contribution in [2.75, 3.05) is 17.2 Å². The summed E-state index contributed by atoms with van der Waals surface area (Å²) in [7, 11) is 0. The highest BCUT2D eigenvalue weighted by Crippen LogP contribution is 2.26. The summed E-state index contributed by atoms with van der Waals surface area (Å²) in [4.78, 5) is 22.9. The number of nitrogens with zero attached hydrogens (tertiary/aromatic N) is 1. The van der Waals surface area contributed by atoms with Crippen LogP contribution in [0, 0.1) is 17.0 Å². The van der Waals surface area contributed by atoms with E-state index in [1.54, 1.807) is 19.1 Å². The monoisotopic (exact) mass is 329 g/mol. The maximum Gasteiger partial charge on any atom is 0.293 e. The molecule has 0 aromatic heterocycles. The normalized spacial score (nSPS) is 11.6. The maximum absolute atomic E-state index is 12.3. The highest BCUT2D eigenvalue weighted by atomic mass is 16.6. The SMILES string of the molecule is Cc1ccc(NC(=O)c2ccc(N[C@@H](C)CO)c([N+](=O)[O-])c2)cc1. The molecule has 0 aliphatic rings. The molecule has 0 heterocycles. The molecule has 0 bridgehead atoms. The number of carbonyl (C=O) groups excluding carboxylic acids is 1. The third kappa shape index (κ3) is 4.30. The first-order valence-corrected chi connectivity index (χ1v) is 7.44. The molecule has 2 rings (SSSR count). The van der Waals surface area contributed by atoms with E-state index in [2.05, 4.69) is 10.6 Å². The van der Waals surface area contributed by atoms with Gasteiger partial charge in [0.2, 0.25) is 0 Å². The number of rotatable bonds is 6. The van der Waals surface area contributed by atoms with Gasteiger partial charge >= 0.3 is 0 Å². The molecular weight excluding hydrogens is 310 g/mol. The van der Waals surface area contributed by atoms with Crippen LogP contribution < -0.4 is 10.6 Å². The summed E-state index contributed by atoms with van der Waals surface area (Å²) < 4.78 is 0. The second-order valence-electron chi connectivity index (χ2n) is 5.54. The van der Waals surface area contributed by atoms with E-state index in [1.807, 2.05) is 19.1 Å². The van der Waals surface area contributed by atoms with Crippen LogP contribution in [-0.4, -0.2) is 28.6 Å². The molecule has 3 N–H and O–H groups in total. The summed E-state index contributed by atoms with van der Waals surface area (Å²) in [5.41, 5.74) is 1.91. The van der Waals surface area contributed by atoms with Crippen LogP contribution in [0.2, 0.25) is 0 Å². The van der Waals surface area contributed by atoms with Gasteiger partial charge in [0.1, 0.15) is 5.69 Å². The number of benzene rings is 2. The minimum atomic E-state index is -0.560. The van der Waals surface area contributed by atoms with Crippen molar-refractivity contribution in [3.8, 4) is 0 Å². The van der Waals surface area contributed by atoms with Gasteiger partial charge in [-0.15, -0.1) is 0 Å². The van der Waals surface area contributed by atoms with Gasteiger partial charge in [-0.2, -0.15) is 0 Å². The third-order valence-corrected chi connectivity index (χ3v) is 3.44. The van der Waals surface area contributed by atoms with Crippen molar-refractivity contribution in [1.82, 2.24) is 0 Å². The molecule has 24 heavy (non-hydrogen) atoms. The summed E-state index contributed by atoms with van der Waals surface area (Å²) in [6, 6.07) is 11.1. The van der Waals surface area contributed by atoms with Gasteiger partial charge in [0, 0.05) is 23.4 Å². The number of aliphatic hydroxyl groups is 1. The Hall–Kier alpha value is -2.93. The molecule has 7 heteroatoms. The first-order chi connectivity index (χ1) is 11.4. The van der Waals surface area contributed by atoms with Gasteiger partial charge in [0.15, 0.2) is 0 Å². The molecule has 1 atom stereocenters. The van der Waals surface area contributed by atoms with Crippen LogP contribution in [0.25, 0.3) is 0 Å². The largest absolute Gasteiger partial charge is 0.394 e. The second-order valence-corrected chi connectivity index (χ2v) is 5.54. The lowest BCUT2D eigenvalue weighted by molar-refractivity contribution is -0.384. The minimum Gasteiger partial charge on any atom is -0.394 e. The lowest BCUT2D eigenvalue weighted by Gasteiger charge is -2.13. The Labute approximate surface area is 139 Å². The highest BCUT2D eigenvalue weighted by Gasteiger charge is 2.18. The number of hydrogen-bond donors (Lipinski definition) is 3. The Morgan fingerprint density at radius 3 is 2.50 bits per heavy atom. The quantitative estimate of drug-likeness (QED) is 0.558. The van der Waals surface area contributed by atoms with E-state index < -0.39 is 10.8 Å². The predicted molar refractivity (Wildman–Crippen MR) is 92.4 cm³/mol. The number of aliphatic hydroxyl groups excluding tert-OH is 1. The number of carbonyl (C=O) groups is 1. The zero-order valence-corrected chi connectivity index (χ0v) is 13.4. The fourth-order valence-electron chi connectivity index (χ4n) is 2.10. The zero-order chi connectivity index (χ0) is 17.7. The van der Waals surface area contributed by atoms with Crippen molar-refractivity contribution in [1.29, 1.82) is 0 Å². The van der Waals surface area contributed by atoms with Crippen LogP contribution in [0.1, 0.15) is 22.8 Å². The Morgan fingerprint density at radius 1 is 1.25 bits per heavy atom. The number of hydrogen-bond acceptors (Lipinski definition) is 5. The van der Waals surface area contributed by atoms with Gasteiger partial charge in [-0.05, 0) is 38.1 Å². The first-order valence-electron chi connectivity index (χ1n) is 7.44. The minimum absolute atomic E-state index is 0.160. The summed E-state index contributed by atoms with van der Waals surface area (Å²) in [6.07, 6.45) is 0. The fraction of sp³-hybridized carbons (Fsp3) is 0.235. The summed E-state index contributed by atoms with van der Waals surface area (Å²) in [6.45, 7) is 3.47. The lowest BCUT2D eigenvalue weighted by atomic mass is 10.1. The zero-order valence-electron chi connectivity index (χ0n) is 13.4. The molecule has 126 valence electrons. The van der Waals surface area contributed by atoms with Crippen LogP contribution in [0.4, 0.5) is 17.1 Å². The lowest BCUT2D eigenvalue weighted by Crippen LogP contribution is -2.20. The van der Waals surface area contributed by atoms with E-state index in [-0.39, 0.29) is 29.6 Å². The highest BCUT2D eigenvalue weighted by molar-refractivity contribution is 6.05. The van der Waals surface area contributed by atoms with Gasteiger partial charge in [0.05, 0.1) is 11.5 Å². The smallest absolute Gasteiger partial charge is 0.293 e. The van der Waals surface area contributed by atoms with Crippen LogP contribution in [0.5, 0.6) is 0 Å². The van der Waals surface area contributed by atoms with Gasteiger partial charge in [0.25, 0.3) is 11.6 Å². The molecule has 0 saturated carbocycles. The molecular formula is C17H19N3O4. The number of nitro groups is 1. The second kappa shape index (κ2) is 7.56. The number of amides is 1. The van der Waals surface area contributed by atoms with Gasteiger partial charge in [-0.3, -0.25) is 14.9 Å². The molecule has 0 saturated heterocycles. The molecule has 0 aliphatic carbocycles. The number of nitrogens with one attached hydrogen (secondary N) is 2. The Balaban J connectivity index is 2.23. The molecule has 0 spiro atoms. The number of anilines is 2. The van der Waals surface area contributed by atoms with Crippen LogP contribution in [0.3, 0.4) is 0 Å². The average molecular weight is 329 g/mol. The summed E-state index contributed by atoms with van der Waals surface area (Å²) in [5.74, 6) is -0.427. The van der Waals surface area contributed by atoms with Gasteiger partial charge < -0.3 is 15.7 Å². The van der Waals surface area contributed by atoms with Crippen molar-refractivity contribution in [3.63, 3.8) is 0 Å². The van der Waals surface area contributed by atoms with Crippen LogP contribution in [-0.2, 0) is 0 Å². The Kier molecular flexibility index (Phi) is 5.49. The van der Waals surface area contributed by atoms with Crippen molar-refractivity contribution in [2.45, 2.75) is 19.9 Å². The van der Waals surface area contributed by atoms with Crippen molar-refractivity contribution < 1.29 is 14.8 Å². The summed E-state index contributed by atoms with van der Waals surface area (Å²) >= 11 is 0. The van der Waals surface area contributed by atoms with Crippen molar-refractivity contribution in [3.05, 3.63) is 63.7 Å². The number of aryl methyl sites for hydroxylation is 1. The van der Waals surface area contributed by atoms with Crippen molar-refractivity contribution >= 4 is 23.0 Å². The van der Waals surface area contributed by atoms with Crippen LogP contribution >= 0.6 is 0 Å². The fourth-order valence-corrected chi connectivity index (χ4v) is 2.10. The van der Waals surface area contributed by atoms with E-state index >= 15 is 0 Å². The molecule has 2 aromatic rings. The molecule has 0 radical (unpaired) electrons. The van der Waals surface area contributed by atoms with E-state index in [0.717, 1.165) is 5.56 Å². The third-order valence-electron chi connectivity index (χ3n) is 3.44. The van der Waals surface area contributed by atoms with E-state index in [9.17, 15) is 14.9 Å². The molecule has 0 unspecified atom stereocenters. The van der Waals surface area contributed by atoms with E-state index in [4.69, 9.17) is 5.11 Å². The Morgan fingerprint density at radius 2 is 1.92 bits per heavy atom. The van der Waals surface area contributed by atoms with Crippen molar-refractivity contribution in [2.24, 2.45) is 0 Å².